The second-order valence-electron chi connectivity index (χ2n) is 6.71. The Labute approximate surface area is 158 Å². The smallest absolute Gasteiger partial charge is 0.186 e. The Morgan fingerprint density at radius 3 is 2.41 bits per heavy atom. The average Bonchev–Trinajstić information content (AvgIpc) is 2.74. The minimum Gasteiger partial charge on any atom is -0.385 e. The van der Waals surface area contributed by atoms with Crippen molar-refractivity contribution in [1.82, 2.24) is 0 Å². The van der Waals surface area contributed by atoms with E-state index in [2.05, 4.69) is 0 Å². The average molecular weight is 372 g/mol. The quantitative estimate of drug-likeness (QED) is 0.870. The predicted octanol–water partition coefficient (Wildman–Crippen LogP) is 2.42. The van der Waals surface area contributed by atoms with Crippen LogP contribution in [0.5, 0.6) is 0 Å². The van der Waals surface area contributed by atoms with Gasteiger partial charge in [-0.2, -0.15) is 0 Å². The Morgan fingerprint density at radius 2 is 1.70 bits per heavy atom. The van der Waals surface area contributed by atoms with Crippen molar-refractivity contribution in [3.63, 3.8) is 0 Å². The van der Waals surface area contributed by atoms with E-state index in [0.29, 0.717) is 13.2 Å². The van der Waals surface area contributed by atoms with Crippen molar-refractivity contribution >= 4 is 0 Å². The van der Waals surface area contributed by atoms with Crippen LogP contribution >= 0.6 is 0 Å². The monoisotopic (exact) mass is 372 g/mol. The zero-order valence-corrected chi connectivity index (χ0v) is 15.1. The van der Waals surface area contributed by atoms with Crippen molar-refractivity contribution in [3.05, 3.63) is 71.8 Å². The summed E-state index contributed by atoms with van der Waals surface area (Å²) >= 11 is 0. The van der Waals surface area contributed by atoms with Gasteiger partial charge in [-0.1, -0.05) is 60.7 Å². The number of benzene rings is 2. The summed E-state index contributed by atoms with van der Waals surface area (Å²) in [5.74, 6) is 0. The van der Waals surface area contributed by atoms with E-state index in [0.717, 1.165) is 11.1 Å². The molecule has 2 aliphatic heterocycles. The van der Waals surface area contributed by atoms with E-state index in [-0.39, 0.29) is 6.10 Å². The summed E-state index contributed by atoms with van der Waals surface area (Å²) in [4.78, 5) is 0. The number of hydrogen-bond donors (Lipinski definition) is 1. The first kappa shape index (κ1) is 18.6. The molecule has 0 aromatic heterocycles. The molecule has 2 aromatic carbocycles. The fourth-order valence-corrected chi connectivity index (χ4v) is 3.49. The lowest BCUT2D eigenvalue weighted by molar-refractivity contribution is -0.363. The molecule has 2 unspecified atom stereocenters. The molecular weight excluding hydrogens is 348 g/mol. The van der Waals surface area contributed by atoms with E-state index >= 15 is 0 Å². The van der Waals surface area contributed by atoms with E-state index < -0.39 is 30.9 Å². The number of methoxy groups -OCH3 is 1. The van der Waals surface area contributed by atoms with E-state index in [9.17, 15) is 5.11 Å². The van der Waals surface area contributed by atoms with Gasteiger partial charge in [-0.3, -0.25) is 0 Å². The third-order valence-electron chi connectivity index (χ3n) is 4.90. The molecule has 6 heteroatoms. The summed E-state index contributed by atoms with van der Waals surface area (Å²) in [6, 6.07) is 19.5. The number of fused-ring (bicyclic) bond motifs is 1. The third-order valence-corrected chi connectivity index (χ3v) is 4.90. The van der Waals surface area contributed by atoms with Gasteiger partial charge >= 0.3 is 0 Å². The predicted molar refractivity (Wildman–Crippen MR) is 96.7 cm³/mol. The summed E-state index contributed by atoms with van der Waals surface area (Å²) in [6.07, 6.45) is -3.70. The molecule has 0 spiro atoms. The van der Waals surface area contributed by atoms with E-state index in [1.807, 2.05) is 60.7 Å². The Bertz CT molecular complexity index is 709. The summed E-state index contributed by atoms with van der Waals surface area (Å²) in [5, 5.41) is 10.7. The lowest BCUT2D eigenvalue weighted by Gasteiger charge is -2.47. The molecule has 2 aromatic rings. The SMILES string of the molecule is CO[C@@H]1OC2CO[C@@H](c3ccccc3)OC2[C@H](OCc2ccccc2)[C@@H]1O. The van der Waals surface area contributed by atoms with Crippen molar-refractivity contribution in [3.8, 4) is 0 Å². The van der Waals surface area contributed by atoms with Gasteiger partial charge in [-0.05, 0) is 5.56 Å². The van der Waals surface area contributed by atoms with Gasteiger partial charge in [0.15, 0.2) is 12.6 Å². The van der Waals surface area contributed by atoms with E-state index in [1.165, 1.54) is 7.11 Å². The van der Waals surface area contributed by atoms with Crippen molar-refractivity contribution in [2.45, 2.75) is 43.6 Å². The lowest BCUT2D eigenvalue weighted by atomic mass is 9.97. The minimum absolute atomic E-state index is 0.335. The van der Waals surface area contributed by atoms with Crippen LogP contribution in [0.1, 0.15) is 17.4 Å². The van der Waals surface area contributed by atoms with Crippen LogP contribution in [0.3, 0.4) is 0 Å². The van der Waals surface area contributed by atoms with Crippen molar-refractivity contribution in [2.24, 2.45) is 0 Å². The normalized spacial score (nSPS) is 33.4. The van der Waals surface area contributed by atoms with Crippen LogP contribution in [0.4, 0.5) is 0 Å². The minimum atomic E-state index is -0.963. The molecule has 2 heterocycles. The van der Waals surface area contributed by atoms with Crippen molar-refractivity contribution < 1.29 is 28.8 Å². The molecule has 6 nitrogen and oxygen atoms in total. The molecule has 27 heavy (non-hydrogen) atoms. The zero-order chi connectivity index (χ0) is 18.6. The van der Waals surface area contributed by atoms with Crippen LogP contribution in [0.25, 0.3) is 0 Å². The highest BCUT2D eigenvalue weighted by atomic mass is 16.8. The Kier molecular flexibility index (Phi) is 5.83. The number of aliphatic hydroxyl groups excluding tert-OH is 1. The van der Waals surface area contributed by atoms with Crippen LogP contribution in [-0.4, -0.2) is 49.5 Å². The highest BCUT2D eigenvalue weighted by Crippen LogP contribution is 2.35. The number of ether oxygens (including phenoxy) is 5. The summed E-state index contributed by atoms with van der Waals surface area (Å²) in [7, 11) is 1.50. The summed E-state index contributed by atoms with van der Waals surface area (Å²) in [6.45, 7) is 0.699. The second kappa shape index (κ2) is 8.48. The molecule has 0 bridgehead atoms. The highest BCUT2D eigenvalue weighted by Gasteiger charge is 2.50. The fourth-order valence-electron chi connectivity index (χ4n) is 3.49. The molecule has 0 amide bonds. The van der Waals surface area contributed by atoms with Crippen LogP contribution in [0, 0.1) is 0 Å². The molecule has 0 saturated carbocycles. The van der Waals surface area contributed by atoms with Crippen LogP contribution < -0.4 is 0 Å². The van der Waals surface area contributed by atoms with E-state index in [4.69, 9.17) is 23.7 Å². The zero-order valence-electron chi connectivity index (χ0n) is 15.1. The first-order chi connectivity index (χ1) is 13.3. The standard InChI is InChI=1S/C21H24O6/c1-23-21-17(22)19(24-12-14-8-4-2-5-9-14)18-16(26-21)13-25-20(27-18)15-10-6-3-7-11-15/h2-11,16-22H,12-13H2,1H3/t16?,17-,18?,19+,20+,21+/m0/s1. The van der Waals surface area contributed by atoms with Gasteiger partial charge in [0.1, 0.15) is 24.4 Å². The molecular formula is C21H24O6. The highest BCUT2D eigenvalue weighted by molar-refractivity contribution is 5.17. The van der Waals surface area contributed by atoms with Gasteiger partial charge in [0.25, 0.3) is 0 Å². The topological polar surface area (TPSA) is 66.4 Å². The van der Waals surface area contributed by atoms with Gasteiger partial charge in [-0.25, -0.2) is 0 Å². The molecule has 1 N–H and O–H groups in total. The number of hydrogen-bond acceptors (Lipinski definition) is 6. The van der Waals surface area contributed by atoms with Crippen LogP contribution in [0.2, 0.25) is 0 Å². The number of aliphatic hydroxyl groups is 1. The largest absolute Gasteiger partial charge is 0.385 e. The Hall–Kier alpha value is -1.80. The van der Waals surface area contributed by atoms with E-state index in [1.54, 1.807) is 0 Å². The third kappa shape index (κ3) is 4.06. The van der Waals surface area contributed by atoms with Crippen molar-refractivity contribution in [1.29, 1.82) is 0 Å². The first-order valence-corrected chi connectivity index (χ1v) is 9.10. The second-order valence-corrected chi connectivity index (χ2v) is 6.71. The van der Waals surface area contributed by atoms with Crippen molar-refractivity contribution in [2.75, 3.05) is 13.7 Å². The summed E-state index contributed by atoms with van der Waals surface area (Å²) < 4.78 is 29.2. The fraction of sp³-hybridized carbons (Fsp3) is 0.429. The van der Waals surface area contributed by atoms with Gasteiger partial charge in [0.05, 0.1) is 13.2 Å². The lowest BCUT2D eigenvalue weighted by Crippen LogP contribution is -2.62. The summed E-state index contributed by atoms with van der Waals surface area (Å²) in [5.41, 5.74) is 1.94. The molecule has 6 atom stereocenters. The molecule has 2 aliphatic rings. The van der Waals surface area contributed by atoms with Gasteiger partial charge in [0, 0.05) is 12.7 Å². The maximum absolute atomic E-state index is 10.7. The molecule has 144 valence electrons. The first-order valence-electron chi connectivity index (χ1n) is 9.10. The maximum atomic E-state index is 10.7. The molecule has 0 aliphatic carbocycles. The molecule has 2 fully saturated rings. The Balaban J connectivity index is 1.51. The maximum Gasteiger partial charge on any atom is 0.186 e. The number of rotatable bonds is 5. The van der Waals surface area contributed by atoms with Gasteiger partial charge in [-0.15, -0.1) is 0 Å². The molecule has 4 rings (SSSR count). The Morgan fingerprint density at radius 1 is 1.00 bits per heavy atom. The molecule has 2 saturated heterocycles. The van der Waals surface area contributed by atoms with Crippen LogP contribution in [0.15, 0.2) is 60.7 Å². The molecule has 0 radical (unpaired) electrons. The van der Waals surface area contributed by atoms with Gasteiger partial charge < -0.3 is 28.8 Å². The van der Waals surface area contributed by atoms with Gasteiger partial charge in [0.2, 0.25) is 0 Å². The van der Waals surface area contributed by atoms with Crippen LogP contribution in [-0.2, 0) is 30.3 Å².